The molecule has 0 fully saturated rings. The Labute approximate surface area is 406 Å². The summed E-state index contributed by atoms with van der Waals surface area (Å²) in [4.78, 5) is 29.8. The van der Waals surface area contributed by atoms with Gasteiger partial charge in [0, 0.05) is 0 Å². The molecule has 0 heterocycles. The van der Waals surface area contributed by atoms with E-state index in [1.807, 2.05) is 36.4 Å². The fourth-order valence-electron chi connectivity index (χ4n) is 7.09. The highest BCUT2D eigenvalue weighted by Gasteiger charge is 2.41. The predicted octanol–water partition coefficient (Wildman–Crippen LogP) is 16.9. The van der Waals surface area contributed by atoms with E-state index in [0.717, 1.165) is 73.6 Å². The van der Waals surface area contributed by atoms with Crippen LogP contribution < -0.4 is 18.9 Å². The van der Waals surface area contributed by atoms with E-state index < -0.39 is 5.41 Å². The van der Waals surface area contributed by atoms with Gasteiger partial charge in [0.15, 0.2) is 34.6 Å². The first-order chi connectivity index (χ1) is 31.9. The Morgan fingerprint density at radius 1 is 0.433 bits per heavy atom. The molecule has 67 heavy (non-hydrogen) atoms. The lowest BCUT2D eigenvalue weighted by Gasteiger charge is -2.27. The molecular formula is C61H84O6. The Kier molecular flexibility index (Phi) is 26.9. The monoisotopic (exact) mass is 913 g/mol. The number of methoxy groups -OCH3 is 2. The Morgan fingerprint density at radius 3 is 1.04 bits per heavy atom. The van der Waals surface area contributed by atoms with Crippen molar-refractivity contribution in [3.63, 3.8) is 0 Å². The van der Waals surface area contributed by atoms with Crippen molar-refractivity contribution in [3.05, 3.63) is 153 Å². The highest BCUT2D eigenvalue weighted by Crippen LogP contribution is 2.36. The van der Waals surface area contributed by atoms with Crippen LogP contribution in [0.25, 0.3) is 12.2 Å². The van der Waals surface area contributed by atoms with Gasteiger partial charge in [-0.1, -0.05) is 105 Å². The molecule has 364 valence electrons. The summed E-state index contributed by atoms with van der Waals surface area (Å²) in [6.45, 7) is 26.1. The molecule has 0 amide bonds. The molecule has 0 saturated heterocycles. The minimum Gasteiger partial charge on any atom is -0.493 e. The van der Waals surface area contributed by atoms with Crippen LogP contribution in [0.1, 0.15) is 158 Å². The number of carbonyl (C=O) groups is 2. The highest BCUT2D eigenvalue weighted by atomic mass is 16.5. The number of carbonyl (C=O) groups excluding carboxylic acids is 2. The molecule has 0 aliphatic rings. The third-order valence-corrected chi connectivity index (χ3v) is 11.5. The largest absolute Gasteiger partial charge is 0.493 e. The predicted molar refractivity (Wildman–Crippen MR) is 286 cm³/mol. The van der Waals surface area contributed by atoms with Gasteiger partial charge < -0.3 is 18.9 Å². The molecule has 0 aliphatic heterocycles. The minimum atomic E-state index is -1.39. The van der Waals surface area contributed by atoms with Crippen LogP contribution in [0.2, 0.25) is 0 Å². The number of benzene rings is 2. The lowest BCUT2D eigenvalue weighted by molar-refractivity contribution is -0.134. The van der Waals surface area contributed by atoms with Gasteiger partial charge in [0.2, 0.25) is 0 Å². The van der Waals surface area contributed by atoms with E-state index in [2.05, 4.69) is 132 Å². The second-order valence-corrected chi connectivity index (χ2v) is 18.8. The number of hydrogen-bond acceptors (Lipinski definition) is 6. The van der Waals surface area contributed by atoms with Gasteiger partial charge >= 0.3 is 0 Å². The van der Waals surface area contributed by atoms with Crippen molar-refractivity contribution in [2.45, 2.75) is 147 Å². The molecule has 2 aromatic rings. The summed E-state index contributed by atoms with van der Waals surface area (Å²) in [5.41, 5.74) is 10.1. The van der Waals surface area contributed by atoms with Crippen molar-refractivity contribution in [2.24, 2.45) is 5.41 Å². The maximum Gasteiger partial charge on any atom is 0.170 e. The lowest BCUT2D eigenvalue weighted by atomic mass is 9.72. The van der Waals surface area contributed by atoms with Crippen molar-refractivity contribution in [1.82, 2.24) is 0 Å². The standard InChI is InChI=1S/C61H84O6/c1-45(2)19-15-23-49(9)35-39-61(40-36-50(10)24-16-20-46(3)4,59(62)33-29-53-27-31-55(57(43-53)64-13)66-41-37-51(11)25-17-21-47(5)6)60(63)34-30-54-28-32-56(58(44-54)65-14)67-42-38-52(12)26-18-22-48(7)8/h19-22,27-38,43-44H,15-18,23-26,39-42H2,1-14H3/b33-29+,34-30+,49-35+,50-36+,51-37+,52-38+. The van der Waals surface area contributed by atoms with Crippen LogP contribution >= 0.6 is 0 Å². The zero-order valence-corrected chi connectivity index (χ0v) is 43.8. The summed E-state index contributed by atoms with van der Waals surface area (Å²) in [7, 11) is 3.22. The topological polar surface area (TPSA) is 71.1 Å². The summed E-state index contributed by atoms with van der Waals surface area (Å²) in [5.74, 6) is 1.84. The third kappa shape index (κ3) is 23.1. The Balaban J connectivity index is 2.59. The van der Waals surface area contributed by atoms with E-state index in [4.69, 9.17) is 18.9 Å². The molecule has 6 nitrogen and oxygen atoms in total. The van der Waals surface area contributed by atoms with Crippen molar-refractivity contribution >= 4 is 23.7 Å². The molecule has 0 aliphatic carbocycles. The van der Waals surface area contributed by atoms with Gasteiger partial charge in [0.1, 0.15) is 18.6 Å². The van der Waals surface area contributed by atoms with Crippen LogP contribution in [-0.4, -0.2) is 39.0 Å². The molecule has 0 spiro atoms. The van der Waals surface area contributed by atoms with Crippen molar-refractivity contribution in [1.29, 1.82) is 0 Å². The van der Waals surface area contributed by atoms with E-state index in [1.54, 1.807) is 38.5 Å². The number of ether oxygens (including phenoxy) is 4. The van der Waals surface area contributed by atoms with Crippen molar-refractivity contribution < 1.29 is 28.5 Å². The zero-order chi connectivity index (χ0) is 49.8. The van der Waals surface area contributed by atoms with Crippen LogP contribution in [0.15, 0.2) is 142 Å². The smallest absolute Gasteiger partial charge is 0.170 e. The van der Waals surface area contributed by atoms with E-state index in [0.29, 0.717) is 36.2 Å². The molecule has 2 aromatic carbocycles. The fraction of sp³-hybridized carbons (Fsp3) is 0.443. The summed E-state index contributed by atoms with van der Waals surface area (Å²) >= 11 is 0. The fourth-order valence-corrected chi connectivity index (χ4v) is 7.09. The summed E-state index contributed by atoms with van der Waals surface area (Å²) in [5, 5.41) is 0. The third-order valence-electron chi connectivity index (χ3n) is 11.5. The summed E-state index contributed by atoms with van der Waals surface area (Å²) in [6, 6.07) is 11.3. The van der Waals surface area contributed by atoms with Crippen LogP contribution in [0.4, 0.5) is 0 Å². The van der Waals surface area contributed by atoms with Gasteiger partial charge in [-0.25, -0.2) is 0 Å². The average molecular weight is 913 g/mol. The zero-order valence-electron chi connectivity index (χ0n) is 43.8. The Bertz CT molecular complexity index is 2050. The van der Waals surface area contributed by atoms with Crippen LogP contribution in [0.5, 0.6) is 23.0 Å². The molecule has 0 N–H and O–H groups in total. The number of hydrogen-bond donors (Lipinski definition) is 0. The highest BCUT2D eigenvalue weighted by molar-refractivity contribution is 6.17. The normalized spacial score (nSPS) is 12.5. The van der Waals surface area contributed by atoms with Crippen molar-refractivity contribution in [2.75, 3.05) is 27.4 Å². The second-order valence-electron chi connectivity index (χ2n) is 18.8. The van der Waals surface area contributed by atoms with Crippen LogP contribution in [0, 0.1) is 5.41 Å². The van der Waals surface area contributed by atoms with Gasteiger partial charge in [0.05, 0.1) is 14.2 Å². The molecule has 6 heteroatoms. The molecular weight excluding hydrogens is 829 g/mol. The quantitative estimate of drug-likeness (QED) is 0.0442. The summed E-state index contributed by atoms with van der Waals surface area (Å²) < 4.78 is 23.7. The number of rotatable bonds is 30. The average Bonchev–Trinajstić information content (AvgIpc) is 3.27. The SMILES string of the molecule is COc1cc(/C=C/C(=O)C(C/C=C(\C)CCC=C(C)C)(C/C=C(\C)CCC=C(C)C)C(=O)/C=C/c2ccc(OC/C=C(\C)CCC=C(C)C)c(OC)c2)ccc1OC/C=C(\C)CCC=C(C)C. The number of ketones is 2. The molecule has 0 aromatic heterocycles. The summed E-state index contributed by atoms with van der Waals surface area (Å²) in [6.07, 6.45) is 31.9. The van der Waals surface area contributed by atoms with Gasteiger partial charge in [-0.05, 0) is 207 Å². The Morgan fingerprint density at radius 2 is 0.746 bits per heavy atom. The molecule has 2 rings (SSSR count). The molecule has 0 atom stereocenters. The maximum absolute atomic E-state index is 14.9. The van der Waals surface area contributed by atoms with Crippen molar-refractivity contribution in [3.8, 4) is 23.0 Å². The van der Waals surface area contributed by atoms with E-state index in [1.165, 1.54) is 33.4 Å². The first-order valence-corrected chi connectivity index (χ1v) is 24.1. The van der Waals surface area contributed by atoms with Crippen LogP contribution in [-0.2, 0) is 9.59 Å². The van der Waals surface area contributed by atoms with Gasteiger partial charge in [0.25, 0.3) is 0 Å². The molecule has 0 saturated carbocycles. The van der Waals surface area contributed by atoms with Crippen LogP contribution in [0.3, 0.4) is 0 Å². The van der Waals surface area contributed by atoms with Gasteiger partial charge in [-0.2, -0.15) is 0 Å². The van der Waals surface area contributed by atoms with Gasteiger partial charge in [-0.15, -0.1) is 0 Å². The first kappa shape index (κ1) is 57.5. The molecule has 0 unspecified atom stereocenters. The first-order valence-electron chi connectivity index (χ1n) is 24.1. The maximum atomic E-state index is 14.9. The lowest BCUT2D eigenvalue weighted by Crippen LogP contribution is -2.37. The van der Waals surface area contributed by atoms with E-state index in [-0.39, 0.29) is 24.4 Å². The number of allylic oxidation sites excluding steroid dienone is 16. The van der Waals surface area contributed by atoms with E-state index >= 15 is 0 Å². The molecule has 0 radical (unpaired) electrons. The molecule has 0 bridgehead atoms. The second kappa shape index (κ2) is 31.4. The van der Waals surface area contributed by atoms with Gasteiger partial charge in [-0.3, -0.25) is 9.59 Å². The minimum absolute atomic E-state index is 0.256. The van der Waals surface area contributed by atoms with E-state index in [9.17, 15) is 9.59 Å². The Hall–Kier alpha value is -5.62.